The van der Waals surface area contributed by atoms with E-state index in [9.17, 15) is 4.79 Å². The van der Waals surface area contributed by atoms with E-state index in [-0.39, 0.29) is 36.1 Å². The maximum absolute atomic E-state index is 11.9. The van der Waals surface area contributed by atoms with E-state index < -0.39 is 6.04 Å². The standard InChI is InChI=1S/C16H27N3O.2ClH/c1-16(2,3)14(17)15(20)18-10-11-19(4)12-13-8-6-5-7-9-13;;/h5-9,14H,10-12,17H2,1-4H3,(H,18,20);2*1H/t14-;;/m1../s1. The van der Waals surface area contributed by atoms with Gasteiger partial charge >= 0.3 is 0 Å². The lowest BCUT2D eigenvalue weighted by Crippen LogP contribution is -2.49. The van der Waals surface area contributed by atoms with Crippen LogP contribution in [0.5, 0.6) is 0 Å². The Balaban J connectivity index is 0. The lowest BCUT2D eigenvalue weighted by molar-refractivity contribution is -0.124. The van der Waals surface area contributed by atoms with Crippen LogP contribution >= 0.6 is 24.8 Å². The molecule has 0 radical (unpaired) electrons. The van der Waals surface area contributed by atoms with E-state index in [4.69, 9.17) is 5.73 Å². The molecule has 1 rings (SSSR count). The van der Waals surface area contributed by atoms with E-state index in [1.807, 2.05) is 46.0 Å². The quantitative estimate of drug-likeness (QED) is 0.829. The van der Waals surface area contributed by atoms with Gasteiger partial charge in [-0.05, 0) is 18.0 Å². The molecule has 1 amide bonds. The summed E-state index contributed by atoms with van der Waals surface area (Å²) in [5, 5.41) is 2.90. The molecular weight excluding hydrogens is 321 g/mol. The van der Waals surface area contributed by atoms with Crippen molar-refractivity contribution in [2.75, 3.05) is 20.1 Å². The zero-order valence-corrected chi connectivity index (χ0v) is 15.5. The lowest BCUT2D eigenvalue weighted by atomic mass is 9.87. The molecule has 0 aliphatic heterocycles. The first kappa shape index (κ1) is 23.5. The molecule has 1 aromatic carbocycles. The number of amides is 1. The molecule has 0 unspecified atom stereocenters. The number of hydrogen-bond donors (Lipinski definition) is 2. The molecule has 0 aromatic heterocycles. The van der Waals surface area contributed by atoms with Crippen molar-refractivity contribution in [3.8, 4) is 0 Å². The van der Waals surface area contributed by atoms with E-state index in [0.29, 0.717) is 6.54 Å². The monoisotopic (exact) mass is 349 g/mol. The van der Waals surface area contributed by atoms with Crippen molar-refractivity contribution in [3.63, 3.8) is 0 Å². The second-order valence-corrected chi connectivity index (χ2v) is 6.36. The van der Waals surface area contributed by atoms with Crippen molar-refractivity contribution in [2.45, 2.75) is 33.4 Å². The topological polar surface area (TPSA) is 58.4 Å². The third-order valence-corrected chi connectivity index (χ3v) is 3.30. The molecular formula is C16H29Cl2N3O. The Bertz CT molecular complexity index is 421. The van der Waals surface area contributed by atoms with Crippen LogP contribution in [0.15, 0.2) is 30.3 Å². The van der Waals surface area contributed by atoms with Crippen molar-refractivity contribution in [3.05, 3.63) is 35.9 Å². The van der Waals surface area contributed by atoms with Crippen molar-refractivity contribution < 1.29 is 4.79 Å². The van der Waals surface area contributed by atoms with Gasteiger partial charge in [0.1, 0.15) is 0 Å². The van der Waals surface area contributed by atoms with Crippen LogP contribution in [-0.2, 0) is 11.3 Å². The van der Waals surface area contributed by atoms with Gasteiger partial charge < -0.3 is 16.0 Å². The number of carbonyl (C=O) groups is 1. The van der Waals surface area contributed by atoms with Gasteiger partial charge in [0.25, 0.3) is 0 Å². The molecule has 0 heterocycles. The zero-order chi connectivity index (χ0) is 15.2. The van der Waals surface area contributed by atoms with Crippen LogP contribution in [0.1, 0.15) is 26.3 Å². The highest BCUT2D eigenvalue weighted by molar-refractivity contribution is 5.85. The Morgan fingerprint density at radius 3 is 2.27 bits per heavy atom. The van der Waals surface area contributed by atoms with Gasteiger partial charge in [-0.2, -0.15) is 0 Å². The fourth-order valence-electron chi connectivity index (χ4n) is 1.85. The third-order valence-electron chi connectivity index (χ3n) is 3.30. The molecule has 0 bridgehead atoms. The van der Waals surface area contributed by atoms with Gasteiger partial charge in [0, 0.05) is 19.6 Å². The predicted molar refractivity (Wildman–Crippen MR) is 97.7 cm³/mol. The average molecular weight is 350 g/mol. The average Bonchev–Trinajstić information content (AvgIpc) is 2.37. The number of nitrogens with one attached hydrogen (secondary N) is 1. The minimum atomic E-state index is -0.470. The summed E-state index contributed by atoms with van der Waals surface area (Å²) in [5.41, 5.74) is 6.97. The normalized spacial score (nSPS) is 12.1. The van der Waals surface area contributed by atoms with E-state index in [1.165, 1.54) is 5.56 Å². The molecule has 0 aliphatic carbocycles. The molecule has 1 aromatic rings. The van der Waals surface area contributed by atoms with Gasteiger partial charge in [0.15, 0.2) is 0 Å². The van der Waals surface area contributed by atoms with Crippen molar-refractivity contribution in [1.82, 2.24) is 10.2 Å². The maximum Gasteiger partial charge on any atom is 0.237 e. The van der Waals surface area contributed by atoms with Crippen LogP contribution in [0, 0.1) is 5.41 Å². The number of halogens is 2. The fraction of sp³-hybridized carbons (Fsp3) is 0.562. The SMILES string of the molecule is CN(CCNC(=O)[C@@H](N)C(C)(C)C)Cc1ccccc1.Cl.Cl. The Morgan fingerprint density at radius 1 is 1.23 bits per heavy atom. The largest absolute Gasteiger partial charge is 0.353 e. The molecule has 0 saturated carbocycles. The molecule has 6 heteroatoms. The minimum Gasteiger partial charge on any atom is -0.353 e. The Morgan fingerprint density at radius 2 is 1.77 bits per heavy atom. The van der Waals surface area contributed by atoms with Gasteiger partial charge in [-0.15, -0.1) is 24.8 Å². The first-order valence-electron chi connectivity index (χ1n) is 7.06. The number of benzene rings is 1. The number of rotatable bonds is 6. The summed E-state index contributed by atoms with van der Waals surface area (Å²) in [6, 6.07) is 9.81. The Hall–Kier alpha value is -0.810. The highest BCUT2D eigenvalue weighted by atomic mass is 35.5. The summed E-state index contributed by atoms with van der Waals surface area (Å²) in [6.07, 6.45) is 0. The minimum absolute atomic E-state index is 0. The summed E-state index contributed by atoms with van der Waals surface area (Å²) in [7, 11) is 2.04. The van der Waals surface area contributed by atoms with Crippen LogP contribution in [0.4, 0.5) is 0 Å². The van der Waals surface area contributed by atoms with Crippen molar-refractivity contribution in [2.24, 2.45) is 11.1 Å². The van der Waals surface area contributed by atoms with Crippen LogP contribution in [0.3, 0.4) is 0 Å². The molecule has 1 atom stereocenters. The molecule has 0 saturated heterocycles. The van der Waals surface area contributed by atoms with Crippen molar-refractivity contribution in [1.29, 1.82) is 0 Å². The van der Waals surface area contributed by atoms with Gasteiger partial charge in [0.2, 0.25) is 5.91 Å². The van der Waals surface area contributed by atoms with Gasteiger partial charge in [-0.25, -0.2) is 0 Å². The number of likely N-dealkylation sites (N-methyl/N-ethyl adjacent to an activating group) is 1. The first-order chi connectivity index (χ1) is 9.30. The number of nitrogens with zero attached hydrogens (tertiary/aromatic N) is 1. The van der Waals surface area contributed by atoms with E-state index in [2.05, 4.69) is 22.3 Å². The molecule has 0 fully saturated rings. The highest BCUT2D eigenvalue weighted by Gasteiger charge is 2.26. The molecule has 3 N–H and O–H groups in total. The van der Waals surface area contributed by atoms with Crippen LogP contribution in [0.25, 0.3) is 0 Å². The third kappa shape index (κ3) is 8.59. The maximum atomic E-state index is 11.9. The Kier molecular flexibility index (Phi) is 11.6. The summed E-state index contributed by atoms with van der Waals surface area (Å²) >= 11 is 0. The van der Waals surface area contributed by atoms with E-state index in [0.717, 1.165) is 13.1 Å². The first-order valence-corrected chi connectivity index (χ1v) is 7.06. The van der Waals surface area contributed by atoms with Gasteiger partial charge in [-0.3, -0.25) is 4.79 Å². The summed E-state index contributed by atoms with van der Waals surface area (Å²) in [4.78, 5) is 14.1. The van der Waals surface area contributed by atoms with Gasteiger partial charge in [-0.1, -0.05) is 51.1 Å². The Labute approximate surface area is 146 Å². The second-order valence-electron chi connectivity index (χ2n) is 6.36. The highest BCUT2D eigenvalue weighted by Crippen LogP contribution is 2.16. The fourth-order valence-corrected chi connectivity index (χ4v) is 1.85. The smallest absolute Gasteiger partial charge is 0.237 e. The predicted octanol–water partition coefficient (Wildman–Crippen LogP) is 2.45. The second kappa shape index (κ2) is 10.8. The summed E-state index contributed by atoms with van der Waals surface area (Å²) < 4.78 is 0. The molecule has 0 aliphatic rings. The lowest BCUT2D eigenvalue weighted by Gasteiger charge is -2.26. The van der Waals surface area contributed by atoms with Crippen LogP contribution in [-0.4, -0.2) is 37.0 Å². The molecule has 0 spiro atoms. The number of carbonyl (C=O) groups excluding carboxylic acids is 1. The van der Waals surface area contributed by atoms with Crippen LogP contribution in [0.2, 0.25) is 0 Å². The molecule has 128 valence electrons. The molecule has 4 nitrogen and oxygen atoms in total. The number of hydrogen-bond acceptors (Lipinski definition) is 3. The summed E-state index contributed by atoms with van der Waals surface area (Å²) in [5.74, 6) is -0.0781. The molecule has 22 heavy (non-hydrogen) atoms. The zero-order valence-electron chi connectivity index (χ0n) is 13.8. The van der Waals surface area contributed by atoms with Crippen LogP contribution < -0.4 is 11.1 Å². The van der Waals surface area contributed by atoms with Gasteiger partial charge in [0.05, 0.1) is 6.04 Å². The number of nitrogens with two attached hydrogens (primary N) is 1. The van der Waals surface area contributed by atoms with Crippen molar-refractivity contribution >= 4 is 30.7 Å². The van der Waals surface area contributed by atoms with E-state index >= 15 is 0 Å². The van der Waals surface area contributed by atoms with E-state index in [1.54, 1.807) is 0 Å². The summed E-state index contributed by atoms with van der Waals surface area (Å²) in [6.45, 7) is 8.21.